The van der Waals surface area contributed by atoms with Gasteiger partial charge in [-0.1, -0.05) is 0 Å². The molecule has 114 valence electrons. The number of nitrogens with zero attached hydrogens (tertiary/aromatic N) is 4. The van der Waals surface area contributed by atoms with Crippen LogP contribution in [0.3, 0.4) is 0 Å². The van der Waals surface area contributed by atoms with Gasteiger partial charge in [0.1, 0.15) is 29.9 Å². The van der Waals surface area contributed by atoms with Crippen LogP contribution in [-0.4, -0.2) is 71.0 Å². The Morgan fingerprint density at radius 1 is 1.19 bits per heavy atom. The van der Waals surface area contributed by atoms with E-state index in [1.807, 2.05) is 0 Å². The summed E-state index contributed by atoms with van der Waals surface area (Å²) in [5.74, 6) is 0.0221. The Morgan fingerprint density at radius 2 is 1.95 bits per heavy atom. The summed E-state index contributed by atoms with van der Waals surface area (Å²) in [6, 6.07) is 0. The molecule has 0 aromatic carbocycles. The molecule has 3 heterocycles. The molecule has 1 fully saturated rings. The van der Waals surface area contributed by atoms with Crippen molar-refractivity contribution in [3.05, 3.63) is 12.5 Å². The number of anilines is 1. The molecule has 1 aliphatic heterocycles. The van der Waals surface area contributed by atoms with Crippen molar-refractivity contribution in [3.63, 3.8) is 0 Å². The van der Waals surface area contributed by atoms with E-state index < -0.39 is 37.3 Å². The van der Waals surface area contributed by atoms with E-state index in [9.17, 15) is 20.4 Å². The number of aliphatic hydroxyl groups is 4. The first kappa shape index (κ1) is 14.1. The minimum Gasteiger partial charge on any atom is -0.394 e. The van der Waals surface area contributed by atoms with Crippen LogP contribution in [0.15, 0.2) is 12.5 Å². The maximum Gasteiger partial charge on any atom is 0.222 e. The Balaban J connectivity index is 2.02. The average molecular weight is 297 g/mol. The lowest BCUT2D eigenvalue weighted by Crippen LogP contribution is -2.56. The van der Waals surface area contributed by atoms with Gasteiger partial charge in [-0.15, -0.1) is 0 Å². The monoisotopic (exact) mass is 297 g/mol. The summed E-state index contributed by atoms with van der Waals surface area (Å²) in [6.45, 7) is -0.509. The van der Waals surface area contributed by atoms with Crippen LogP contribution in [-0.2, 0) is 4.74 Å². The summed E-state index contributed by atoms with van der Waals surface area (Å²) in [4.78, 5) is 11.9. The normalized spacial score (nSPS) is 33.4. The Kier molecular flexibility index (Phi) is 3.47. The van der Waals surface area contributed by atoms with E-state index >= 15 is 0 Å². The highest BCUT2D eigenvalue weighted by Crippen LogP contribution is 2.30. The molecule has 0 unspecified atom stereocenters. The van der Waals surface area contributed by atoms with Crippen molar-refractivity contribution in [3.8, 4) is 0 Å². The number of aliphatic hydroxyl groups excluding tert-OH is 4. The molecule has 0 amide bonds. The van der Waals surface area contributed by atoms with E-state index in [0.29, 0.717) is 11.2 Å². The summed E-state index contributed by atoms with van der Waals surface area (Å²) >= 11 is 0. The van der Waals surface area contributed by atoms with E-state index in [4.69, 9.17) is 10.5 Å². The van der Waals surface area contributed by atoms with E-state index in [-0.39, 0.29) is 5.95 Å². The summed E-state index contributed by atoms with van der Waals surface area (Å²) in [6.07, 6.45) is -3.63. The van der Waals surface area contributed by atoms with Gasteiger partial charge in [0.2, 0.25) is 5.95 Å². The summed E-state index contributed by atoms with van der Waals surface area (Å²) < 4.78 is 6.81. The molecule has 10 nitrogen and oxygen atoms in total. The van der Waals surface area contributed by atoms with Gasteiger partial charge in [-0.05, 0) is 0 Å². The number of rotatable bonds is 2. The molecule has 0 spiro atoms. The van der Waals surface area contributed by atoms with Gasteiger partial charge in [0.05, 0.1) is 19.1 Å². The lowest BCUT2D eigenvalue weighted by Gasteiger charge is -2.40. The minimum absolute atomic E-state index is 0.0221. The van der Waals surface area contributed by atoms with Gasteiger partial charge >= 0.3 is 0 Å². The van der Waals surface area contributed by atoms with Crippen LogP contribution in [0.1, 0.15) is 6.23 Å². The minimum atomic E-state index is -1.47. The van der Waals surface area contributed by atoms with Crippen LogP contribution < -0.4 is 5.73 Å². The van der Waals surface area contributed by atoms with E-state index in [1.165, 1.54) is 17.1 Å². The number of hydrogen-bond acceptors (Lipinski definition) is 9. The molecule has 2 aromatic heterocycles. The summed E-state index contributed by atoms with van der Waals surface area (Å²) in [5.41, 5.74) is 6.27. The number of hydrogen-bond donors (Lipinski definition) is 5. The standard InChI is InChI=1S/C11H15N5O5/c12-11-13-1-4-9(15-11)16(3-14-4)10-8(20)7(19)6(18)5(2-17)21-10/h1,3,5-8,10,17-20H,2H2,(H2,12,13,15)/t5-,6-,7+,8-,10-/m1/s1. The van der Waals surface area contributed by atoms with Crippen LogP contribution in [0, 0.1) is 0 Å². The second-order valence-corrected chi connectivity index (χ2v) is 4.81. The predicted molar refractivity (Wildman–Crippen MR) is 68.8 cm³/mol. The van der Waals surface area contributed by atoms with E-state index in [1.54, 1.807) is 0 Å². The van der Waals surface area contributed by atoms with E-state index in [2.05, 4.69) is 15.0 Å². The van der Waals surface area contributed by atoms with Gasteiger partial charge in [-0.3, -0.25) is 4.57 Å². The number of ether oxygens (including phenoxy) is 1. The van der Waals surface area contributed by atoms with Gasteiger partial charge in [0.25, 0.3) is 0 Å². The second-order valence-electron chi connectivity index (χ2n) is 4.81. The molecule has 1 aliphatic rings. The third kappa shape index (κ3) is 2.22. The van der Waals surface area contributed by atoms with Crippen LogP contribution in [0.2, 0.25) is 0 Å². The molecular weight excluding hydrogens is 282 g/mol. The molecule has 0 radical (unpaired) electrons. The maximum absolute atomic E-state index is 10.1. The molecule has 21 heavy (non-hydrogen) atoms. The van der Waals surface area contributed by atoms with Crippen molar-refractivity contribution in [2.75, 3.05) is 12.3 Å². The second kappa shape index (κ2) is 5.16. The van der Waals surface area contributed by atoms with Crippen molar-refractivity contribution >= 4 is 17.1 Å². The number of imidazole rings is 1. The maximum atomic E-state index is 10.1. The van der Waals surface area contributed by atoms with Crippen molar-refractivity contribution < 1.29 is 25.2 Å². The number of fused-ring (bicyclic) bond motifs is 1. The highest BCUT2D eigenvalue weighted by atomic mass is 16.6. The largest absolute Gasteiger partial charge is 0.394 e. The van der Waals surface area contributed by atoms with Crippen LogP contribution in [0.4, 0.5) is 5.95 Å². The fraction of sp³-hybridized carbons (Fsp3) is 0.545. The third-order valence-corrected chi connectivity index (χ3v) is 3.48. The molecule has 6 N–H and O–H groups in total. The van der Waals surface area contributed by atoms with Gasteiger partial charge in [0, 0.05) is 0 Å². The third-order valence-electron chi connectivity index (χ3n) is 3.48. The molecular formula is C11H15N5O5. The zero-order valence-corrected chi connectivity index (χ0v) is 10.8. The summed E-state index contributed by atoms with van der Waals surface area (Å²) in [5, 5.41) is 38.8. The topological polar surface area (TPSA) is 160 Å². The lowest BCUT2D eigenvalue weighted by molar-refractivity contribution is -0.250. The van der Waals surface area contributed by atoms with Crippen LogP contribution >= 0.6 is 0 Å². The predicted octanol–water partition coefficient (Wildman–Crippen LogP) is -2.62. The smallest absolute Gasteiger partial charge is 0.222 e. The van der Waals surface area contributed by atoms with Crippen molar-refractivity contribution in [2.24, 2.45) is 0 Å². The highest BCUT2D eigenvalue weighted by Gasteiger charge is 2.44. The fourth-order valence-corrected chi connectivity index (χ4v) is 2.34. The quantitative estimate of drug-likeness (QED) is 0.400. The first-order valence-corrected chi connectivity index (χ1v) is 6.28. The molecule has 10 heteroatoms. The molecule has 0 bridgehead atoms. The Morgan fingerprint density at radius 3 is 2.67 bits per heavy atom. The zero-order chi connectivity index (χ0) is 15.1. The molecule has 3 rings (SSSR count). The molecule has 1 saturated heterocycles. The van der Waals surface area contributed by atoms with Crippen LogP contribution in [0.5, 0.6) is 0 Å². The lowest BCUT2D eigenvalue weighted by atomic mass is 9.98. The Hall–Kier alpha value is -1.85. The Bertz CT molecular complexity index is 647. The molecule has 2 aromatic rings. The van der Waals surface area contributed by atoms with Crippen LogP contribution in [0.25, 0.3) is 11.2 Å². The van der Waals surface area contributed by atoms with E-state index in [0.717, 1.165) is 0 Å². The van der Waals surface area contributed by atoms with Crippen molar-refractivity contribution in [1.82, 2.24) is 19.5 Å². The van der Waals surface area contributed by atoms with Gasteiger partial charge in [0.15, 0.2) is 11.9 Å². The highest BCUT2D eigenvalue weighted by molar-refractivity contribution is 5.70. The Labute approximate surface area is 118 Å². The molecule has 0 saturated carbocycles. The fourth-order valence-electron chi connectivity index (χ4n) is 2.34. The molecule has 0 aliphatic carbocycles. The van der Waals surface area contributed by atoms with Crippen molar-refractivity contribution in [1.29, 1.82) is 0 Å². The van der Waals surface area contributed by atoms with Gasteiger partial charge < -0.3 is 30.9 Å². The average Bonchev–Trinajstić information content (AvgIpc) is 2.88. The zero-order valence-electron chi connectivity index (χ0n) is 10.8. The van der Waals surface area contributed by atoms with Crippen molar-refractivity contribution in [2.45, 2.75) is 30.6 Å². The van der Waals surface area contributed by atoms with Gasteiger partial charge in [-0.25, -0.2) is 9.97 Å². The van der Waals surface area contributed by atoms with Gasteiger partial charge in [-0.2, -0.15) is 4.98 Å². The number of nitrogen functional groups attached to an aromatic ring is 1. The number of aromatic nitrogens is 4. The first-order chi connectivity index (χ1) is 10.0. The molecule has 5 atom stereocenters. The first-order valence-electron chi connectivity index (χ1n) is 6.28. The SMILES string of the molecule is Nc1ncc2ncn([C@@H]3O[C@H](CO)[C@@H](O)[C@H](O)[C@H]3O)c2n1. The number of nitrogens with two attached hydrogens (primary N) is 1. The summed E-state index contributed by atoms with van der Waals surface area (Å²) in [7, 11) is 0.